The van der Waals surface area contributed by atoms with Crippen LogP contribution in [0.4, 0.5) is 14.7 Å². The molecule has 0 amide bonds. The van der Waals surface area contributed by atoms with Crippen molar-refractivity contribution in [2.75, 3.05) is 25.1 Å². The summed E-state index contributed by atoms with van der Waals surface area (Å²) in [5.74, 6) is -1.05. The van der Waals surface area contributed by atoms with Crippen molar-refractivity contribution in [1.82, 2.24) is 9.97 Å². The maximum atomic E-state index is 11.7. The number of aromatic nitrogens is 2. The molecule has 1 aromatic rings. The summed E-state index contributed by atoms with van der Waals surface area (Å²) in [6.45, 7) is -0.349. The first-order chi connectivity index (χ1) is 8.09. The van der Waals surface area contributed by atoms with Crippen molar-refractivity contribution in [3.63, 3.8) is 0 Å². The first-order valence-electron chi connectivity index (χ1n) is 4.75. The van der Waals surface area contributed by atoms with Gasteiger partial charge in [-0.1, -0.05) is 0 Å². The van der Waals surface area contributed by atoms with Gasteiger partial charge in [0, 0.05) is 12.7 Å². The number of ether oxygens (including phenoxy) is 1. The molecule has 0 unspecified atom stereocenters. The molecule has 0 aliphatic heterocycles. The van der Waals surface area contributed by atoms with Gasteiger partial charge in [-0.25, -0.2) is 23.5 Å². The van der Waals surface area contributed by atoms with Crippen molar-refractivity contribution in [3.8, 4) is 0 Å². The van der Waals surface area contributed by atoms with Crippen LogP contribution in [0.25, 0.3) is 0 Å². The highest BCUT2D eigenvalue weighted by atomic mass is 19.3. The van der Waals surface area contributed by atoms with Gasteiger partial charge in [-0.15, -0.1) is 0 Å². The van der Waals surface area contributed by atoms with Crippen molar-refractivity contribution < 1.29 is 23.4 Å². The molecule has 94 valence electrons. The summed E-state index contributed by atoms with van der Waals surface area (Å²) < 4.78 is 28.0. The van der Waals surface area contributed by atoms with E-state index < -0.39 is 19.0 Å². The summed E-state index contributed by atoms with van der Waals surface area (Å²) >= 11 is 0. The minimum Gasteiger partial charge on any atom is -0.477 e. The molecule has 0 aliphatic rings. The van der Waals surface area contributed by atoms with Crippen LogP contribution in [0.2, 0.25) is 0 Å². The Morgan fingerprint density at radius 1 is 1.59 bits per heavy atom. The Morgan fingerprint density at radius 3 is 3.00 bits per heavy atom. The van der Waals surface area contributed by atoms with E-state index in [-0.39, 0.29) is 24.8 Å². The molecule has 0 saturated heterocycles. The molecule has 0 radical (unpaired) electrons. The third-order valence-electron chi connectivity index (χ3n) is 1.65. The van der Waals surface area contributed by atoms with E-state index in [1.807, 2.05) is 0 Å². The molecule has 1 rings (SSSR count). The molecule has 0 spiro atoms. The highest BCUT2D eigenvalue weighted by Gasteiger charge is 2.05. The molecule has 0 atom stereocenters. The van der Waals surface area contributed by atoms with Crippen molar-refractivity contribution in [3.05, 3.63) is 18.0 Å². The van der Waals surface area contributed by atoms with E-state index in [0.29, 0.717) is 0 Å². The van der Waals surface area contributed by atoms with Crippen molar-refractivity contribution in [2.24, 2.45) is 0 Å². The van der Waals surface area contributed by atoms with E-state index in [1.165, 1.54) is 12.3 Å². The van der Waals surface area contributed by atoms with Gasteiger partial charge in [-0.3, -0.25) is 0 Å². The van der Waals surface area contributed by atoms with Crippen LogP contribution >= 0.6 is 0 Å². The van der Waals surface area contributed by atoms with Gasteiger partial charge in [0.2, 0.25) is 5.95 Å². The third-order valence-corrected chi connectivity index (χ3v) is 1.65. The molecule has 2 N–H and O–H groups in total. The molecule has 0 bridgehead atoms. The number of carboxylic acid groups (broad SMARTS) is 1. The smallest absolute Gasteiger partial charge is 0.354 e. The molecule has 6 nitrogen and oxygen atoms in total. The maximum Gasteiger partial charge on any atom is 0.354 e. The molecule has 0 aromatic carbocycles. The molecular weight excluding hydrogens is 236 g/mol. The molecule has 0 fully saturated rings. The zero-order valence-electron chi connectivity index (χ0n) is 8.77. The zero-order valence-corrected chi connectivity index (χ0v) is 8.77. The lowest BCUT2D eigenvalue weighted by atomic mass is 10.4. The van der Waals surface area contributed by atoms with Crippen LogP contribution in [-0.2, 0) is 4.74 Å². The number of aromatic carboxylic acids is 1. The van der Waals surface area contributed by atoms with E-state index in [4.69, 9.17) is 5.11 Å². The SMILES string of the molecule is O=C(O)c1ccnc(NCCOCC(F)F)n1. The summed E-state index contributed by atoms with van der Waals surface area (Å²) in [5.41, 5.74) is -0.143. The number of carboxylic acids is 1. The molecule has 0 saturated carbocycles. The summed E-state index contributed by atoms with van der Waals surface area (Å²) in [4.78, 5) is 18.0. The van der Waals surface area contributed by atoms with Crippen LogP contribution in [0.1, 0.15) is 10.5 Å². The van der Waals surface area contributed by atoms with Crippen LogP contribution in [-0.4, -0.2) is 47.2 Å². The fourth-order valence-electron chi connectivity index (χ4n) is 0.970. The predicted molar refractivity (Wildman–Crippen MR) is 54.3 cm³/mol. The zero-order chi connectivity index (χ0) is 12.7. The number of alkyl halides is 2. The van der Waals surface area contributed by atoms with Crippen LogP contribution in [0.3, 0.4) is 0 Å². The van der Waals surface area contributed by atoms with E-state index in [2.05, 4.69) is 20.0 Å². The van der Waals surface area contributed by atoms with E-state index in [0.717, 1.165) is 0 Å². The molecular formula is C9H11F2N3O3. The minimum absolute atomic E-state index is 0.0605. The highest BCUT2D eigenvalue weighted by molar-refractivity contribution is 5.85. The number of anilines is 1. The lowest BCUT2D eigenvalue weighted by Gasteiger charge is -2.05. The Morgan fingerprint density at radius 2 is 2.35 bits per heavy atom. The molecule has 17 heavy (non-hydrogen) atoms. The number of carbonyl (C=O) groups is 1. The Balaban J connectivity index is 2.31. The quantitative estimate of drug-likeness (QED) is 0.695. The van der Waals surface area contributed by atoms with Crippen LogP contribution in [0.5, 0.6) is 0 Å². The van der Waals surface area contributed by atoms with Crippen LogP contribution < -0.4 is 5.32 Å². The van der Waals surface area contributed by atoms with Gasteiger partial charge in [0.05, 0.1) is 6.61 Å². The number of hydrogen-bond donors (Lipinski definition) is 2. The number of nitrogens with zero attached hydrogens (tertiary/aromatic N) is 2. The second-order valence-electron chi connectivity index (χ2n) is 2.96. The Kier molecular flexibility index (Phi) is 5.21. The fraction of sp³-hybridized carbons (Fsp3) is 0.444. The van der Waals surface area contributed by atoms with Gasteiger partial charge in [-0.2, -0.15) is 0 Å². The first kappa shape index (κ1) is 13.2. The Hall–Kier alpha value is -1.83. The topological polar surface area (TPSA) is 84.3 Å². The number of halogens is 2. The Bertz CT molecular complexity index is 376. The average Bonchev–Trinajstić information content (AvgIpc) is 2.28. The van der Waals surface area contributed by atoms with Crippen LogP contribution in [0.15, 0.2) is 12.3 Å². The summed E-state index contributed by atoms with van der Waals surface area (Å²) in [6, 6.07) is 1.25. The van der Waals surface area contributed by atoms with Gasteiger partial charge in [0.25, 0.3) is 6.43 Å². The van der Waals surface area contributed by atoms with Crippen molar-refractivity contribution in [1.29, 1.82) is 0 Å². The summed E-state index contributed by atoms with van der Waals surface area (Å²) in [5, 5.41) is 11.3. The molecule has 8 heteroatoms. The monoisotopic (exact) mass is 247 g/mol. The van der Waals surface area contributed by atoms with Gasteiger partial charge in [0.15, 0.2) is 5.69 Å². The minimum atomic E-state index is -2.50. The maximum absolute atomic E-state index is 11.7. The molecule has 1 aromatic heterocycles. The number of hydrogen-bond acceptors (Lipinski definition) is 5. The number of nitrogens with one attached hydrogen (secondary N) is 1. The van der Waals surface area contributed by atoms with E-state index in [1.54, 1.807) is 0 Å². The summed E-state index contributed by atoms with van der Waals surface area (Å²) in [6.07, 6.45) is -1.21. The second-order valence-corrected chi connectivity index (χ2v) is 2.96. The van der Waals surface area contributed by atoms with Crippen LogP contribution in [0, 0.1) is 0 Å². The van der Waals surface area contributed by atoms with Gasteiger partial charge in [-0.05, 0) is 6.07 Å². The van der Waals surface area contributed by atoms with Crippen molar-refractivity contribution in [2.45, 2.75) is 6.43 Å². The van der Waals surface area contributed by atoms with Gasteiger partial charge < -0.3 is 15.2 Å². The lowest BCUT2D eigenvalue weighted by Crippen LogP contribution is -2.15. The molecule has 0 aliphatic carbocycles. The van der Waals surface area contributed by atoms with E-state index >= 15 is 0 Å². The van der Waals surface area contributed by atoms with Gasteiger partial charge in [0.1, 0.15) is 6.61 Å². The third kappa shape index (κ3) is 5.16. The lowest BCUT2D eigenvalue weighted by molar-refractivity contribution is 0.0214. The normalized spacial score (nSPS) is 10.5. The average molecular weight is 247 g/mol. The predicted octanol–water partition coefficient (Wildman–Crippen LogP) is 0.868. The summed E-state index contributed by atoms with van der Waals surface area (Å²) in [7, 11) is 0. The molecule has 1 heterocycles. The largest absolute Gasteiger partial charge is 0.477 e. The van der Waals surface area contributed by atoms with Gasteiger partial charge >= 0.3 is 5.97 Å². The second kappa shape index (κ2) is 6.69. The fourth-order valence-corrected chi connectivity index (χ4v) is 0.970. The number of rotatable bonds is 7. The Labute approximate surface area is 95.6 Å². The standard InChI is InChI=1S/C9H11F2N3O3/c10-7(11)5-17-4-3-13-9-12-2-1-6(14-9)8(15)16/h1-2,7H,3-5H2,(H,15,16)(H,12,13,14). The highest BCUT2D eigenvalue weighted by Crippen LogP contribution is 2.00. The van der Waals surface area contributed by atoms with Crippen molar-refractivity contribution >= 4 is 11.9 Å². The first-order valence-corrected chi connectivity index (χ1v) is 4.75. The van der Waals surface area contributed by atoms with E-state index in [9.17, 15) is 13.6 Å².